The normalized spacial score (nSPS) is 15.1. The molecule has 1 unspecified atom stereocenters. The van der Waals surface area contributed by atoms with E-state index < -0.39 is 36.2 Å². The molecule has 0 fully saturated rings. The first-order valence-corrected chi connectivity index (χ1v) is 10.6. The molecule has 32 heavy (non-hydrogen) atoms. The molecule has 2 amide bonds. The molecule has 2 aromatic rings. The number of amides is 2. The van der Waals surface area contributed by atoms with Gasteiger partial charge in [0.25, 0.3) is 0 Å². The van der Waals surface area contributed by atoms with Crippen LogP contribution in [0.4, 0.5) is 4.79 Å². The molecule has 3 rings (SSSR count). The fourth-order valence-electron chi connectivity index (χ4n) is 3.85. The van der Waals surface area contributed by atoms with Crippen molar-refractivity contribution >= 4 is 18.0 Å². The van der Waals surface area contributed by atoms with Gasteiger partial charge in [0.05, 0.1) is 6.61 Å². The number of rotatable bonds is 9. The Morgan fingerprint density at radius 2 is 1.62 bits per heavy atom. The molecule has 0 heterocycles. The Bertz CT molecular complexity index is 962. The lowest BCUT2D eigenvalue weighted by atomic mass is 9.98. The maximum absolute atomic E-state index is 12.4. The maximum Gasteiger partial charge on any atom is 0.407 e. The number of ether oxygens (including phenoxy) is 1. The summed E-state index contributed by atoms with van der Waals surface area (Å²) < 4.78 is 5.50. The standard InChI is InChI=1S/C24H28N2O6/c1-3-15(12-21(28)26-24(2,14-27)22(29)30)25-23(31)32-13-20-18-10-6-4-8-16(18)17-9-5-7-11-19(17)20/h4-11,15,20,27H,3,12-14H2,1-2H3,(H,25,31)(H,26,28)(H,29,30)/t15-,24?/m1/s1. The van der Waals surface area contributed by atoms with Gasteiger partial charge in [-0.25, -0.2) is 9.59 Å². The fraction of sp³-hybridized carbons (Fsp3) is 0.375. The van der Waals surface area contributed by atoms with Gasteiger partial charge in [-0.2, -0.15) is 0 Å². The minimum absolute atomic E-state index is 0.0719. The highest BCUT2D eigenvalue weighted by Gasteiger charge is 2.35. The van der Waals surface area contributed by atoms with Crippen molar-refractivity contribution in [2.75, 3.05) is 13.2 Å². The van der Waals surface area contributed by atoms with Gasteiger partial charge >= 0.3 is 12.1 Å². The molecule has 2 atom stereocenters. The lowest BCUT2D eigenvalue weighted by Crippen LogP contribution is -2.55. The van der Waals surface area contributed by atoms with Gasteiger partial charge in [-0.15, -0.1) is 0 Å². The zero-order chi connectivity index (χ0) is 23.3. The molecule has 0 aromatic heterocycles. The molecule has 2 aromatic carbocycles. The summed E-state index contributed by atoms with van der Waals surface area (Å²) in [7, 11) is 0. The largest absolute Gasteiger partial charge is 0.479 e. The third-order valence-electron chi connectivity index (χ3n) is 5.79. The number of benzene rings is 2. The average Bonchev–Trinajstić information content (AvgIpc) is 3.10. The van der Waals surface area contributed by atoms with Crippen LogP contribution in [0.3, 0.4) is 0 Å². The topological polar surface area (TPSA) is 125 Å². The van der Waals surface area contributed by atoms with Crippen molar-refractivity contribution < 1.29 is 29.3 Å². The fourth-order valence-corrected chi connectivity index (χ4v) is 3.85. The maximum atomic E-state index is 12.4. The van der Waals surface area contributed by atoms with Crippen LogP contribution in [0.25, 0.3) is 11.1 Å². The van der Waals surface area contributed by atoms with Crippen molar-refractivity contribution in [3.05, 3.63) is 59.7 Å². The predicted molar refractivity (Wildman–Crippen MR) is 118 cm³/mol. The Balaban J connectivity index is 1.58. The minimum atomic E-state index is -1.78. The van der Waals surface area contributed by atoms with Crippen LogP contribution < -0.4 is 10.6 Å². The Morgan fingerprint density at radius 1 is 1.06 bits per heavy atom. The summed E-state index contributed by atoms with van der Waals surface area (Å²) in [5.74, 6) is -2.00. The summed E-state index contributed by atoms with van der Waals surface area (Å²) in [5.41, 5.74) is 2.69. The van der Waals surface area contributed by atoms with E-state index in [1.165, 1.54) is 6.92 Å². The molecule has 8 heteroatoms. The number of nitrogens with one attached hydrogen (secondary N) is 2. The Kier molecular flexibility index (Phi) is 7.15. The first kappa shape index (κ1) is 23.3. The van der Waals surface area contributed by atoms with Gasteiger partial charge in [0, 0.05) is 18.4 Å². The van der Waals surface area contributed by atoms with Gasteiger partial charge in [-0.05, 0) is 35.6 Å². The van der Waals surface area contributed by atoms with Crippen LogP contribution in [0.1, 0.15) is 43.7 Å². The quantitative estimate of drug-likeness (QED) is 0.475. The van der Waals surface area contributed by atoms with E-state index >= 15 is 0 Å². The minimum Gasteiger partial charge on any atom is -0.479 e. The van der Waals surface area contributed by atoms with Crippen LogP contribution in [-0.4, -0.2) is 53.0 Å². The van der Waals surface area contributed by atoms with Gasteiger partial charge in [0.15, 0.2) is 5.54 Å². The monoisotopic (exact) mass is 440 g/mol. The summed E-state index contributed by atoms with van der Waals surface area (Å²) in [6.07, 6.45) is -0.334. The van der Waals surface area contributed by atoms with Crippen LogP contribution in [0.5, 0.6) is 0 Å². The smallest absolute Gasteiger partial charge is 0.407 e. The van der Waals surface area contributed by atoms with Crippen LogP contribution in [0.15, 0.2) is 48.5 Å². The van der Waals surface area contributed by atoms with Crippen LogP contribution in [-0.2, 0) is 14.3 Å². The molecule has 0 bridgehead atoms. The van der Waals surface area contributed by atoms with E-state index in [0.717, 1.165) is 22.3 Å². The van der Waals surface area contributed by atoms with E-state index in [2.05, 4.69) is 22.8 Å². The van der Waals surface area contributed by atoms with E-state index in [0.29, 0.717) is 6.42 Å². The summed E-state index contributed by atoms with van der Waals surface area (Å²) in [6, 6.07) is 15.5. The van der Waals surface area contributed by atoms with Crippen LogP contribution in [0.2, 0.25) is 0 Å². The molecule has 0 aliphatic heterocycles. The molecule has 8 nitrogen and oxygen atoms in total. The highest BCUT2D eigenvalue weighted by Crippen LogP contribution is 2.44. The molecule has 0 saturated carbocycles. The van der Waals surface area contributed by atoms with Crippen LogP contribution in [0, 0.1) is 0 Å². The van der Waals surface area contributed by atoms with Crippen LogP contribution >= 0.6 is 0 Å². The number of carboxylic acid groups (broad SMARTS) is 1. The van der Waals surface area contributed by atoms with Crippen molar-refractivity contribution in [1.82, 2.24) is 10.6 Å². The highest BCUT2D eigenvalue weighted by molar-refractivity contribution is 5.87. The molecule has 4 N–H and O–H groups in total. The van der Waals surface area contributed by atoms with E-state index in [-0.39, 0.29) is 18.9 Å². The van der Waals surface area contributed by atoms with Gasteiger partial charge in [0.2, 0.25) is 5.91 Å². The van der Waals surface area contributed by atoms with E-state index in [1.54, 1.807) is 6.92 Å². The number of aliphatic hydroxyl groups excluding tert-OH is 1. The molecular weight excluding hydrogens is 412 g/mol. The second kappa shape index (κ2) is 9.82. The number of hydrogen-bond acceptors (Lipinski definition) is 5. The number of aliphatic hydroxyl groups is 1. The molecule has 0 saturated heterocycles. The second-order valence-corrected chi connectivity index (χ2v) is 8.12. The summed E-state index contributed by atoms with van der Waals surface area (Å²) in [5, 5.41) is 23.4. The number of hydrogen-bond donors (Lipinski definition) is 4. The summed E-state index contributed by atoms with van der Waals surface area (Å²) in [6.45, 7) is 2.42. The van der Waals surface area contributed by atoms with Crippen molar-refractivity contribution in [3.8, 4) is 11.1 Å². The van der Waals surface area contributed by atoms with E-state index in [9.17, 15) is 19.5 Å². The van der Waals surface area contributed by atoms with E-state index in [1.807, 2.05) is 36.4 Å². The van der Waals surface area contributed by atoms with Gasteiger partial charge in [0.1, 0.15) is 6.61 Å². The van der Waals surface area contributed by atoms with Crippen molar-refractivity contribution in [1.29, 1.82) is 0 Å². The predicted octanol–water partition coefficient (Wildman–Crippen LogP) is 2.65. The first-order chi connectivity index (χ1) is 15.3. The third-order valence-corrected chi connectivity index (χ3v) is 5.79. The van der Waals surface area contributed by atoms with Gasteiger partial charge < -0.3 is 25.6 Å². The Labute approximate surface area is 186 Å². The number of aliphatic carboxylic acids is 1. The number of carbonyl (C=O) groups excluding carboxylic acids is 2. The van der Waals surface area contributed by atoms with Crippen molar-refractivity contribution in [2.24, 2.45) is 0 Å². The zero-order valence-electron chi connectivity index (χ0n) is 18.1. The Hall–Kier alpha value is -3.39. The number of fused-ring (bicyclic) bond motifs is 3. The second-order valence-electron chi connectivity index (χ2n) is 8.12. The van der Waals surface area contributed by atoms with Crippen molar-refractivity contribution in [3.63, 3.8) is 0 Å². The Morgan fingerprint density at radius 3 is 2.12 bits per heavy atom. The number of alkyl carbamates (subject to hydrolysis) is 1. The lowest BCUT2D eigenvalue weighted by molar-refractivity contribution is -0.148. The summed E-state index contributed by atoms with van der Waals surface area (Å²) >= 11 is 0. The molecule has 0 spiro atoms. The highest BCUT2D eigenvalue weighted by atomic mass is 16.5. The SMILES string of the molecule is CC[C@H](CC(=O)NC(C)(CO)C(=O)O)NC(=O)OCC1c2ccccc2-c2ccccc21. The molecule has 170 valence electrons. The number of carbonyl (C=O) groups is 3. The molecule has 1 aliphatic carbocycles. The molecule has 1 aliphatic rings. The first-order valence-electron chi connectivity index (χ1n) is 10.6. The molecular formula is C24H28N2O6. The van der Waals surface area contributed by atoms with Gasteiger partial charge in [-0.1, -0.05) is 55.5 Å². The van der Waals surface area contributed by atoms with E-state index in [4.69, 9.17) is 9.84 Å². The van der Waals surface area contributed by atoms with Crippen molar-refractivity contribution in [2.45, 2.75) is 44.2 Å². The zero-order valence-corrected chi connectivity index (χ0v) is 18.1. The lowest BCUT2D eigenvalue weighted by Gasteiger charge is -2.25. The summed E-state index contributed by atoms with van der Waals surface area (Å²) in [4.78, 5) is 35.9. The number of carboxylic acids is 1. The third kappa shape index (κ3) is 4.91. The molecule has 0 radical (unpaired) electrons. The average molecular weight is 440 g/mol. The van der Waals surface area contributed by atoms with Gasteiger partial charge in [-0.3, -0.25) is 4.79 Å².